The van der Waals surface area contributed by atoms with Crippen LogP contribution in [0, 0.1) is 0 Å². The van der Waals surface area contributed by atoms with Gasteiger partial charge in [0.25, 0.3) is 0 Å². The second-order valence-electron chi connectivity index (χ2n) is 5.20. The SMILES string of the molecule is c1ccc(C2N=C(c3ncncn3)SC2c2ccccc2)cc1. The van der Waals surface area contributed by atoms with Gasteiger partial charge in [0.1, 0.15) is 17.7 Å². The number of benzene rings is 2. The number of aromatic nitrogens is 3. The lowest BCUT2D eigenvalue weighted by molar-refractivity contribution is 0.724. The quantitative estimate of drug-likeness (QED) is 0.736. The van der Waals surface area contributed by atoms with Crippen LogP contribution in [0.2, 0.25) is 0 Å². The molecule has 23 heavy (non-hydrogen) atoms. The Bertz CT molecular complexity index is 806. The van der Waals surface area contributed by atoms with Gasteiger partial charge in [-0.25, -0.2) is 15.0 Å². The lowest BCUT2D eigenvalue weighted by Crippen LogP contribution is -2.02. The first kappa shape index (κ1) is 14.1. The molecule has 0 spiro atoms. The standard InChI is InChI=1S/C18H14N4S/c1-3-7-13(8-4-1)15-16(14-9-5-2-6-10-14)23-18(22-15)17-20-11-19-12-21-17/h1-12,15-16H. The molecule has 4 rings (SSSR count). The highest BCUT2D eigenvalue weighted by atomic mass is 32.2. The van der Waals surface area contributed by atoms with Crippen LogP contribution in [0.1, 0.15) is 28.2 Å². The molecule has 2 unspecified atom stereocenters. The highest BCUT2D eigenvalue weighted by Gasteiger charge is 2.34. The maximum absolute atomic E-state index is 4.91. The molecule has 0 amide bonds. The molecule has 4 nitrogen and oxygen atoms in total. The van der Waals surface area contributed by atoms with E-state index in [2.05, 4.69) is 63.5 Å². The molecule has 1 aliphatic rings. The maximum Gasteiger partial charge on any atom is 0.187 e. The van der Waals surface area contributed by atoms with Crippen molar-refractivity contribution in [2.75, 3.05) is 0 Å². The van der Waals surface area contributed by atoms with Crippen LogP contribution in [-0.2, 0) is 0 Å². The average molecular weight is 318 g/mol. The summed E-state index contributed by atoms with van der Waals surface area (Å²) in [4.78, 5) is 17.3. The molecule has 0 saturated heterocycles. The van der Waals surface area contributed by atoms with Crippen LogP contribution in [0.25, 0.3) is 0 Å². The third-order valence-corrected chi connectivity index (χ3v) is 5.03. The van der Waals surface area contributed by atoms with E-state index in [1.807, 2.05) is 12.1 Å². The highest BCUT2D eigenvalue weighted by molar-refractivity contribution is 8.14. The van der Waals surface area contributed by atoms with Crippen LogP contribution in [0.4, 0.5) is 0 Å². The van der Waals surface area contributed by atoms with Crippen LogP contribution in [0.15, 0.2) is 78.3 Å². The van der Waals surface area contributed by atoms with Gasteiger partial charge in [-0.1, -0.05) is 72.4 Å². The van der Waals surface area contributed by atoms with E-state index in [0.717, 1.165) is 5.04 Å². The Morgan fingerprint density at radius 3 is 2.00 bits per heavy atom. The highest BCUT2D eigenvalue weighted by Crippen LogP contribution is 2.49. The Labute approximate surface area is 138 Å². The minimum Gasteiger partial charge on any atom is -0.265 e. The molecule has 2 heterocycles. The van der Waals surface area contributed by atoms with Crippen molar-refractivity contribution in [3.05, 3.63) is 90.3 Å². The summed E-state index contributed by atoms with van der Waals surface area (Å²) in [6, 6.07) is 20.9. The third kappa shape index (κ3) is 2.87. The summed E-state index contributed by atoms with van der Waals surface area (Å²) in [5.41, 5.74) is 2.47. The van der Waals surface area contributed by atoms with Crippen LogP contribution in [0.3, 0.4) is 0 Å². The maximum atomic E-state index is 4.91. The number of hydrogen-bond acceptors (Lipinski definition) is 5. The van der Waals surface area contributed by atoms with Gasteiger partial charge in [0.05, 0.1) is 11.3 Å². The van der Waals surface area contributed by atoms with Crippen molar-refractivity contribution >= 4 is 16.8 Å². The molecular formula is C18H14N4S. The molecule has 1 aromatic heterocycles. The van der Waals surface area contributed by atoms with Crippen molar-refractivity contribution in [3.8, 4) is 0 Å². The molecule has 0 aliphatic carbocycles. The van der Waals surface area contributed by atoms with Crippen molar-refractivity contribution in [1.29, 1.82) is 0 Å². The molecule has 0 fully saturated rings. The molecule has 0 radical (unpaired) electrons. The van der Waals surface area contributed by atoms with Crippen molar-refractivity contribution < 1.29 is 0 Å². The summed E-state index contributed by atoms with van der Waals surface area (Å²) in [7, 11) is 0. The van der Waals surface area contributed by atoms with Crippen LogP contribution < -0.4 is 0 Å². The number of thioether (sulfide) groups is 1. The van der Waals surface area contributed by atoms with Gasteiger partial charge in [0.15, 0.2) is 5.82 Å². The summed E-state index contributed by atoms with van der Waals surface area (Å²) < 4.78 is 0. The molecule has 0 saturated carbocycles. The fourth-order valence-corrected chi connectivity index (χ4v) is 3.93. The van der Waals surface area contributed by atoms with Crippen molar-refractivity contribution in [2.45, 2.75) is 11.3 Å². The Morgan fingerprint density at radius 2 is 1.35 bits per heavy atom. The first-order valence-corrected chi connectivity index (χ1v) is 8.26. The molecule has 3 aromatic rings. The number of hydrogen-bond donors (Lipinski definition) is 0. The smallest absolute Gasteiger partial charge is 0.187 e. The molecule has 0 N–H and O–H groups in total. The lowest BCUT2D eigenvalue weighted by Gasteiger charge is -2.17. The molecule has 2 aromatic carbocycles. The van der Waals surface area contributed by atoms with E-state index in [0.29, 0.717) is 5.82 Å². The van der Waals surface area contributed by atoms with E-state index >= 15 is 0 Å². The zero-order chi connectivity index (χ0) is 15.5. The Balaban J connectivity index is 1.75. The zero-order valence-electron chi connectivity index (χ0n) is 12.3. The van der Waals surface area contributed by atoms with E-state index < -0.39 is 0 Å². The summed E-state index contributed by atoms with van der Waals surface area (Å²) >= 11 is 1.72. The predicted octanol–water partition coefficient (Wildman–Crippen LogP) is 3.85. The van der Waals surface area contributed by atoms with E-state index in [9.17, 15) is 0 Å². The largest absolute Gasteiger partial charge is 0.265 e. The van der Waals surface area contributed by atoms with Crippen LogP contribution in [-0.4, -0.2) is 20.0 Å². The van der Waals surface area contributed by atoms with Crippen LogP contribution in [0.5, 0.6) is 0 Å². The average Bonchev–Trinajstić information content (AvgIpc) is 3.09. The first-order chi connectivity index (χ1) is 11.4. The Morgan fingerprint density at radius 1 is 0.739 bits per heavy atom. The molecule has 2 atom stereocenters. The van der Waals surface area contributed by atoms with E-state index in [1.165, 1.54) is 23.8 Å². The number of aliphatic imine (C=N–C) groups is 1. The van der Waals surface area contributed by atoms with Gasteiger partial charge < -0.3 is 0 Å². The fraction of sp³-hybridized carbons (Fsp3) is 0.111. The number of nitrogens with zero attached hydrogens (tertiary/aromatic N) is 4. The third-order valence-electron chi connectivity index (χ3n) is 3.74. The molecule has 1 aliphatic heterocycles. The Kier molecular flexibility index (Phi) is 3.86. The first-order valence-electron chi connectivity index (χ1n) is 7.38. The topological polar surface area (TPSA) is 51.0 Å². The number of rotatable bonds is 3. The lowest BCUT2D eigenvalue weighted by atomic mass is 9.99. The van der Waals surface area contributed by atoms with Gasteiger partial charge in [-0.2, -0.15) is 0 Å². The minimum atomic E-state index is 0.0652. The molecule has 0 bridgehead atoms. The summed E-state index contributed by atoms with van der Waals surface area (Å²) in [5.74, 6) is 0.643. The van der Waals surface area contributed by atoms with Crippen molar-refractivity contribution in [3.63, 3.8) is 0 Å². The fourth-order valence-electron chi connectivity index (χ4n) is 2.66. The molecular weight excluding hydrogens is 304 g/mol. The Hall–Kier alpha value is -2.53. The summed E-state index contributed by atoms with van der Waals surface area (Å²) in [6.45, 7) is 0. The normalized spacial score (nSPS) is 20.3. The minimum absolute atomic E-state index is 0.0652. The van der Waals surface area contributed by atoms with Gasteiger partial charge >= 0.3 is 0 Å². The van der Waals surface area contributed by atoms with Gasteiger partial charge in [0, 0.05) is 0 Å². The second-order valence-corrected chi connectivity index (χ2v) is 6.33. The van der Waals surface area contributed by atoms with Crippen molar-refractivity contribution in [2.24, 2.45) is 4.99 Å². The van der Waals surface area contributed by atoms with E-state index in [1.54, 1.807) is 11.8 Å². The molecule has 112 valence electrons. The monoisotopic (exact) mass is 318 g/mol. The van der Waals surface area contributed by atoms with Gasteiger partial charge in [-0.15, -0.1) is 0 Å². The van der Waals surface area contributed by atoms with Gasteiger partial charge in [-0.3, -0.25) is 4.99 Å². The van der Waals surface area contributed by atoms with Crippen LogP contribution >= 0.6 is 11.8 Å². The molecule has 5 heteroatoms. The van der Waals surface area contributed by atoms with E-state index in [4.69, 9.17) is 4.99 Å². The van der Waals surface area contributed by atoms with Crippen molar-refractivity contribution in [1.82, 2.24) is 15.0 Å². The summed E-state index contributed by atoms with van der Waals surface area (Å²) in [6.07, 6.45) is 3.03. The summed E-state index contributed by atoms with van der Waals surface area (Å²) in [5, 5.41) is 1.10. The van der Waals surface area contributed by atoms with Gasteiger partial charge in [-0.05, 0) is 11.1 Å². The predicted molar refractivity (Wildman–Crippen MR) is 92.3 cm³/mol. The van der Waals surface area contributed by atoms with Gasteiger partial charge in [0.2, 0.25) is 0 Å². The van der Waals surface area contributed by atoms with E-state index in [-0.39, 0.29) is 11.3 Å². The second kappa shape index (κ2) is 6.30. The zero-order valence-corrected chi connectivity index (χ0v) is 13.1.